The Bertz CT molecular complexity index is 995. The van der Waals surface area contributed by atoms with Crippen LogP contribution in [0, 0.1) is 12.7 Å². The van der Waals surface area contributed by atoms with Crippen molar-refractivity contribution in [2.75, 3.05) is 11.9 Å². The summed E-state index contributed by atoms with van der Waals surface area (Å²) in [6.45, 7) is 2.18. The average Bonchev–Trinajstić information content (AvgIpc) is 2.70. The van der Waals surface area contributed by atoms with Crippen molar-refractivity contribution in [1.29, 1.82) is 0 Å². The molecule has 0 saturated heterocycles. The molecule has 150 valence electrons. The number of nitrogens with zero attached hydrogens (tertiary/aromatic N) is 3. The Morgan fingerprint density at radius 2 is 2.03 bits per heavy atom. The predicted molar refractivity (Wildman–Crippen MR) is 107 cm³/mol. The Kier molecular flexibility index (Phi) is 6.43. The zero-order valence-corrected chi connectivity index (χ0v) is 15.9. The lowest BCUT2D eigenvalue weighted by Gasteiger charge is -2.10. The number of nitrogens with two attached hydrogens (primary N) is 1. The number of hydrogen-bond donors (Lipinski definition) is 2. The van der Waals surface area contributed by atoms with Gasteiger partial charge in [-0.1, -0.05) is 0 Å². The topological polar surface area (TPSA) is 93.8 Å². The molecule has 2 aromatic heterocycles. The summed E-state index contributed by atoms with van der Waals surface area (Å²) in [4.78, 5) is 15.3. The van der Waals surface area contributed by atoms with Crippen LogP contribution in [-0.4, -0.2) is 33.8 Å². The summed E-state index contributed by atoms with van der Waals surface area (Å²) < 4.78 is 27.6. The molecule has 1 aromatic carbocycles. The molecule has 3 rings (SSSR count). The third-order valence-corrected chi connectivity index (χ3v) is 4.34. The number of hydrogen-bond acceptors (Lipinski definition) is 5. The molecule has 0 aliphatic rings. The largest absolute Gasteiger partial charge is 0.368 e. The van der Waals surface area contributed by atoms with E-state index < -0.39 is 17.9 Å². The monoisotopic (exact) mass is 397 g/mol. The average molecular weight is 397 g/mol. The normalized spacial score (nSPS) is 11.8. The number of nitrogens with one attached hydrogen (secondary N) is 1. The number of aromatic nitrogens is 3. The van der Waals surface area contributed by atoms with Crippen LogP contribution in [0.4, 0.5) is 14.6 Å². The molecule has 1 amide bonds. The minimum absolute atomic E-state index is 0.0749. The van der Waals surface area contributed by atoms with E-state index in [2.05, 4.69) is 20.5 Å². The van der Waals surface area contributed by atoms with Crippen LogP contribution < -0.4 is 11.1 Å². The molecular weight excluding hydrogens is 376 g/mol. The molecule has 1 atom stereocenters. The highest BCUT2D eigenvalue weighted by Crippen LogP contribution is 2.21. The van der Waals surface area contributed by atoms with E-state index in [0.717, 1.165) is 11.1 Å². The van der Waals surface area contributed by atoms with Crippen molar-refractivity contribution >= 4 is 11.7 Å². The molecule has 0 aliphatic carbocycles. The number of aryl methyl sites for hydroxylation is 1. The summed E-state index contributed by atoms with van der Waals surface area (Å²) in [6.07, 6.45) is 0.327. The van der Waals surface area contributed by atoms with E-state index in [0.29, 0.717) is 23.6 Å². The first-order chi connectivity index (χ1) is 13.9. The van der Waals surface area contributed by atoms with Crippen LogP contribution in [0.2, 0.25) is 0 Å². The second-order valence-electron chi connectivity index (χ2n) is 6.70. The summed E-state index contributed by atoms with van der Waals surface area (Å²) in [5, 5.41) is 11.2. The number of carbonyl (C=O) groups excluding carboxylic acids is 1. The highest BCUT2D eigenvalue weighted by atomic mass is 19.1. The quantitative estimate of drug-likeness (QED) is 0.607. The van der Waals surface area contributed by atoms with E-state index in [1.54, 1.807) is 24.3 Å². The van der Waals surface area contributed by atoms with Gasteiger partial charge in [0.15, 0.2) is 0 Å². The molecular formula is C21H21F2N5O. The fourth-order valence-corrected chi connectivity index (χ4v) is 2.89. The smallest absolute Gasteiger partial charge is 0.248 e. The third-order valence-electron chi connectivity index (χ3n) is 4.34. The lowest BCUT2D eigenvalue weighted by Crippen LogP contribution is -2.14. The highest BCUT2D eigenvalue weighted by molar-refractivity contribution is 5.94. The number of benzene rings is 1. The van der Waals surface area contributed by atoms with Crippen molar-refractivity contribution in [2.45, 2.75) is 25.9 Å². The van der Waals surface area contributed by atoms with Crippen LogP contribution >= 0.6 is 0 Å². The molecule has 0 fully saturated rings. The predicted octanol–water partition coefficient (Wildman–Crippen LogP) is 3.47. The Morgan fingerprint density at radius 3 is 2.72 bits per heavy atom. The second-order valence-corrected chi connectivity index (χ2v) is 6.70. The first kappa shape index (κ1) is 20.3. The molecule has 6 nitrogen and oxygen atoms in total. The van der Waals surface area contributed by atoms with Crippen molar-refractivity contribution in [3.8, 4) is 11.3 Å². The molecule has 0 aliphatic heterocycles. The highest BCUT2D eigenvalue weighted by Gasteiger charge is 2.12. The van der Waals surface area contributed by atoms with Gasteiger partial charge in [-0.25, -0.2) is 8.78 Å². The van der Waals surface area contributed by atoms with E-state index in [4.69, 9.17) is 5.73 Å². The van der Waals surface area contributed by atoms with Gasteiger partial charge >= 0.3 is 0 Å². The van der Waals surface area contributed by atoms with Crippen LogP contribution in [0.15, 0.2) is 48.7 Å². The van der Waals surface area contributed by atoms with Crippen molar-refractivity contribution in [3.05, 3.63) is 71.3 Å². The van der Waals surface area contributed by atoms with E-state index in [1.807, 2.05) is 13.0 Å². The molecule has 2 heterocycles. The maximum absolute atomic E-state index is 14.1. The minimum Gasteiger partial charge on any atom is -0.368 e. The van der Waals surface area contributed by atoms with Crippen LogP contribution in [0.5, 0.6) is 0 Å². The number of anilines is 1. The van der Waals surface area contributed by atoms with Crippen LogP contribution in [0.25, 0.3) is 11.3 Å². The lowest BCUT2D eigenvalue weighted by molar-refractivity contribution is 0.1000. The molecule has 3 N–H and O–H groups in total. The Balaban J connectivity index is 1.56. The fraction of sp³-hybridized carbons (Fsp3) is 0.238. The standard InChI is InChI=1S/C21H21F2N5O/c1-13-9-14(11-15(10-13)21(24)29)18-4-5-20(28-27-18)26-8-6-16(22)12-19-17(23)3-2-7-25-19/h2-5,7,9-11,16H,6,8,12H2,1H3,(H2,24,29)(H,26,28)/t16-/m0/s1. The Morgan fingerprint density at radius 1 is 1.21 bits per heavy atom. The van der Waals surface area contributed by atoms with Crippen LogP contribution in [-0.2, 0) is 6.42 Å². The zero-order valence-electron chi connectivity index (χ0n) is 15.9. The molecule has 0 radical (unpaired) electrons. The zero-order chi connectivity index (χ0) is 20.8. The first-order valence-corrected chi connectivity index (χ1v) is 9.15. The van der Waals surface area contributed by atoms with Gasteiger partial charge in [-0.05, 0) is 61.4 Å². The maximum Gasteiger partial charge on any atom is 0.248 e. The number of rotatable bonds is 8. The number of amides is 1. The van der Waals surface area contributed by atoms with Crippen molar-refractivity contribution in [1.82, 2.24) is 15.2 Å². The summed E-state index contributed by atoms with van der Waals surface area (Å²) in [6, 6.07) is 11.5. The summed E-state index contributed by atoms with van der Waals surface area (Å²) in [5.41, 5.74) is 8.09. The molecule has 8 heteroatoms. The summed E-state index contributed by atoms with van der Waals surface area (Å²) in [7, 11) is 0. The van der Waals surface area contributed by atoms with E-state index in [9.17, 15) is 13.6 Å². The lowest BCUT2D eigenvalue weighted by atomic mass is 10.0. The van der Waals surface area contributed by atoms with Crippen LogP contribution in [0.3, 0.4) is 0 Å². The van der Waals surface area contributed by atoms with Crippen molar-refractivity contribution < 1.29 is 13.6 Å². The van der Waals surface area contributed by atoms with Crippen LogP contribution in [0.1, 0.15) is 28.0 Å². The number of primary amides is 1. The SMILES string of the molecule is Cc1cc(C(N)=O)cc(-c2ccc(NCC[C@H](F)Cc3ncccc3F)nn2)c1. The van der Waals surface area contributed by atoms with Gasteiger partial charge in [-0.3, -0.25) is 9.78 Å². The van der Waals surface area contributed by atoms with E-state index in [1.165, 1.54) is 18.3 Å². The van der Waals surface area contributed by atoms with E-state index >= 15 is 0 Å². The Labute approximate surface area is 167 Å². The number of alkyl halides is 1. The molecule has 29 heavy (non-hydrogen) atoms. The summed E-state index contributed by atoms with van der Waals surface area (Å²) >= 11 is 0. The molecule has 0 bridgehead atoms. The van der Waals surface area contributed by atoms with Crippen molar-refractivity contribution in [3.63, 3.8) is 0 Å². The third kappa shape index (κ3) is 5.54. The van der Waals surface area contributed by atoms with Crippen molar-refractivity contribution in [2.24, 2.45) is 5.73 Å². The van der Waals surface area contributed by atoms with Gasteiger partial charge in [-0.2, -0.15) is 0 Å². The van der Waals surface area contributed by atoms with E-state index in [-0.39, 0.29) is 18.5 Å². The molecule has 0 unspecified atom stereocenters. The van der Waals surface area contributed by atoms with Gasteiger partial charge in [-0.15, -0.1) is 10.2 Å². The number of halogens is 2. The van der Waals surface area contributed by atoms with Gasteiger partial charge in [0, 0.05) is 30.3 Å². The van der Waals surface area contributed by atoms with Gasteiger partial charge in [0.25, 0.3) is 0 Å². The van der Waals surface area contributed by atoms with Gasteiger partial charge < -0.3 is 11.1 Å². The minimum atomic E-state index is -1.22. The maximum atomic E-state index is 14.1. The van der Waals surface area contributed by atoms with Gasteiger partial charge in [0.2, 0.25) is 5.91 Å². The van der Waals surface area contributed by atoms with Gasteiger partial charge in [0.05, 0.1) is 11.4 Å². The van der Waals surface area contributed by atoms with Gasteiger partial charge in [0.1, 0.15) is 17.8 Å². The molecule has 3 aromatic rings. The second kappa shape index (κ2) is 9.18. The summed E-state index contributed by atoms with van der Waals surface area (Å²) in [5.74, 6) is -0.513. The fourth-order valence-electron chi connectivity index (χ4n) is 2.89. The molecule has 0 saturated carbocycles. The number of pyridine rings is 1. The first-order valence-electron chi connectivity index (χ1n) is 9.15. The number of carbonyl (C=O) groups is 1. The molecule has 0 spiro atoms. The Hall–Kier alpha value is -3.42.